The minimum absolute atomic E-state index is 0.327. The van der Waals surface area contributed by atoms with Gasteiger partial charge in [-0.15, -0.1) is 0 Å². The summed E-state index contributed by atoms with van der Waals surface area (Å²) in [5.74, 6) is 0. The molecule has 1 amide bonds. The van der Waals surface area contributed by atoms with Crippen LogP contribution in [-0.4, -0.2) is 56.8 Å². The lowest BCUT2D eigenvalue weighted by molar-refractivity contribution is 0.0446. The molecule has 0 saturated carbocycles. The highest BCUT2D eigenvalue weighted by atomic mass is 35.5. The molecule has 3 aromatic rings. The summed E-state index contributed by atoms with van der Waals surface area (Å²) >= 11 is 12.8. The predicted octanol–water partition coefficient (Wildman–Crippen LogP) is 7.07. The van der Waals surface area contributed by atoms with Crippen molar-refractivity contribution < 1.29 is 19.1 Å². The number of ether oxygens (including phenoxy) is 2. The summed E-state index contributed by atoms with van der Waals surface area (Å²) in [5, 5.41) is 8.31. The Hall–Kier alpha value is -3.04. The molecule has 39 heavy (non-hydrogen) atoms. The van der Waals surface area contributed by atoms with Crippen molar-refractivity contribution in [2.75, 3.05) is 18.0 Å². The standard InChI is InChI=1S/C28H35Cl2N5O4/c1-26(2,3)38-24(36)32-28(7)11-13-34(14-12-28)17-15-20-23(31-16-17)22(18-9-8-10-19(29)21(18)30)33-35(20)25(37)39-27(4,5)6/h8-10,15-16H,11-14H2,1-7H3,(H,32,36). The number of anilines is 1. The Kier molecular flexibility index (Phi) is 7.80. The summed E-state index contributed by atoms with van der Waals surface area (Å²) in [6.07, 6.45) is 2.13. The van der Waals surface area contributed by atoms with Crippen LogP contribution < -0.4 is 10.2 Å². The molecule has 210 valence electrons. The molecule has 9 nitrogen and oxygen atoms in total. The number of alkyl carbamates (subject to hydrolysis) is 1. The molecule has 3 heterocycles. The zero-order valence-electron chi connectivity index (χ0n) is 23.4. The quantitative estimate of drug-likeness (QED) is 0.356. The fraction of sp³-hybridized carbons (Fsp3) is 0.500. The van der Waals surface area contributed by atoms with Crippen molar-refractivity contribution in [2.45, 2.75) is 78.0 Å². The van der Waals surface area contributed by atoms with Crippen molar-refractivity contribution in [2.24, 2.45) is 0 Å². The third kappa shape index (κ3) is 6.76. The molecular weight excluding hydrogens is 541 g/mol. The maximum Gasteiger partial charge on any atom is 0.435 e. The van der Waals surface area contributed by atoms with E-state index in [-0.39, 0.29) is 0 Å². The molecule has 1 N–H and O–H groups in total. The number of benzene rings is 1. The lowest BCUT2D eigenvalue weighted by atomic mass is 9.89. The molecule has 0 spiro atoms. The summed E-state index contributed by atoms with van der Waals surface area (Å²) < 4.78 is 12.3. The second-order valence-corrected chi connectivity index (χ2v) is 12.9. The van der Waals surface area contributed by atoms with Crippen LogP contribution in [0.25, 0.3) is 22.3 Å². The number of carbonyl (C=O) groups excluding carboxylic acids is 2. The zero-order chi connectivity index (χ0) is 28.8. The van der Waals surface area contributed by atoms with Gasteiger partial charge < -0.3 is 19.7 Å². The molecule has 4 rings (SSSR count). The van der Waals surface area contributed by atoms with E-state index in [1.807, 2.05) is 33.8 Å². The number of fused-ring (bicyclic) bond motifs is 1. The summed E-state index contributed by atoms with van der Waals surface area (Å²) in [6.45, 7) is 14.3. The SMILES string of the molecule is CC1(NC(=O)OC(C)(C)C)CCN(c2cnc3c(-c4cccc(Cl)c4Cl)nn(C(=O)OC(C)(C)C)c3c2)CC1. The summed E-state index contributed by atoms with van der Waals surface area (Å²) in [6, 6.07) is 7.12. The van der Waals surface area contributed by atoms with Gasteiger partial charge in [-0.2, -0.15) is 9.78 Å². The number of nitrogens with one attached hydrogen (secondary N) is 1. The average Bonchev–Trinajstić information content (AvgIpc) is 3.17. The van der Waals surface area contributed by atoms with Gasteiger partial charge in [0, 0.05) is 24.2 Å². The highest BCUT2D eigenvalue weighted by Crippen LogP contribution is 2.37. The Morgan fingerprint density at radius 1 is 1.03 bits per heavy atom. The first kappa shape index (κ1) is 29.0. The van der Waals surface area contributed by atoms with Gasteiger partial charge in [0.2, 0.25) is 0 Å². The van der Waals surface area contributed by atoms with E-state index in [2.05, 4.69) is 15.3 Å². The van der Waals surface area contributed by atoms with Gasteiger partial charge in [0.1, 0.15) is 27.9 Å². The molecule has 2 aromatic heterocycles. The molecule has 0 aliphatic carbocycles. The first-order valence-corrected chi connectivity index (χ1v) is 13.6. The second kappa shape index (κ2) is 10.5. The summed E-state index contributed by atoms with van der Waals surface area (Å²) in [4.78, 5) is 32.4. The molecular formula is C28H35Cl2N5O4. The molecule has 1 aliphatic heterocycles. The minimum atomic E-state index is -0.716. The van der Waals surface area contributed by atoms with E-state index in [9.17, 15) is 9.59 Å². The van der Waals surface area contributed by atoms with Gasteiger partial charge in [-0.05, 0) is 73.4 Å². The van der Waals surface area contributed by atoms with E-state index in [1.165, 1.54) is 4.68 Å². The maximum absolute atomic E-state index is 13.2. The van der Waals surface area contributed by atoms with Crippen molar-refractivity contribution in [3.8, 4) is 11.3 Å². The molecule has 1 aromatic carbocycles. The van der Waals surface area contributed by atoms with E-state index >= 15 is 0 Å². The molecule has 0 bridgehead atoms. The van der Waals surface area contributed by atoms with E-state index in [0.29, 0.717) is 58.3 Å². The van der Waals surface area contributed by atoms with E-state index in [0.717, 1.165) is 5.69 Å². The van der Waals surface area contributed by atoms with Gasteiger partial charge in [-0.3, -0.25) is 4.98 Å². The Bertz CT molecular complexity index is 1400. The Labute approximate surface area is 238 Å². The number of piperidine rings is 1. The normalized spacial score (nSPS) is 15.8. The van der Waals surface area contributed by atoms with Gasteiger partial charge in [0.05, 0.1) is 21.9 Å². The average molecular weight is 577 g/mol. The van der Waals surface area contributed by atoms with Crippen LogP contribution in [0.15, 0.2) is 30.5 Å². The van der Waals surface area contributed by atoms with Crippen LogP contribution in [0.4, 0.5) is 15.3 Å². The van der Waals surface area contributed by atoms with Gasteiger partial charge in [-0.25, -0.2) is 9.59 Å². The van der Waals surface area contributed by atoms with Crippen LogP contribution in [0.5, 0.6) is 0 Å². The number of halogens is 2. The lowest BCUT2D eigenvalue weighted by Gasteiger charge is -2.41. The zero-order valence-corrected chi connectivity index (χ0v) is 24.9. The van der Waals surface area contributed by atoms with Crippen molar-refractivity contribution in [1.82, 2.24) is 20.1 Å². The van der Waals surface area contributed by atoms with Crippen LogP contribution in [0.1, 0.15) is 61.3 Å². The monoisotopic (exact) mass is 575 g/mol. The van der Waals surface area contributed by atoms with Crippen molar-refractivity contribution in [1.29, 1.82) is 0 Å². The van der Waals surface area contributed by atoms with Crippen molar-refractivity contribution in [3.05, 3.63) is 40.5 Å². The first-order chi connectivity index (χ1) is 18.1. The van der Waals surface area contributed by atoms with Crippen LogP contribution in [0.2, 0.25) is 10.0 Å². The third-order valence-electron chi connectivity index (χ3n) is 6.31. The number of rotatable bonds is 3. The number of nitrogens with zero attached hydrogens (tertiary/aromatic N) is 4. The number of hydrogen-bond donors (Lipinski definition) is 1. The van der Waals surface area contributed by atoms with Gasteiger partial charge >= 0.3 is 12.2 Å². The molecule has 11 heteroatoms. The highest BCUT2D eigenvalue weighted by molar-refractivity contribution is 6.43. The third-order valence-corrected chi connectivity index (χ3v) is 7.13. The molecule has 1 fully saturated rings. The maximum atomic E-state index is 13.2. The smallest absolute Gasteiger partial charge is 0.435 e. The molecule has 1 saturated heterocycles. The van der Waals surface area contributed by atoms with Crippen LogP contribution >= 0.6 is 23.2 Å². The molecule has 0 atom stereocenters. The number of carbonyl (C=O) groups is 2. The number of pyridine rings is 1. The Morgan fingerprint density at radius 2 is 1.67 bits per heavy atom. The Balaban J connectivity index is 1.65. The molecule has 0 radical (unpaired) electrons. The Morgan fingerprint density at radius 3 is 2.28 bits per heavy atom. The van der Waals surface area contributed by atoms with Gasteiger partial charge in [-0.1, -0.05) is 35.3 Å². The van der Waals surface area contributed by atoms with E-state index in [4.69, 9.17) is 37.7 Å². The molecule has 0 unspecified atom stereocenters. The number of aromatic nitrogens is 3. The van der Waals surface area contributed by atoms with Crippen molar-refractivity contribution >= 4 is 52.1 Å². The van der Waals surface area contributed by atoms with Gasteiger partial charge in [0.25, 0.3) is 0 Å². The fourth-order valence-electron chi connectivity index (χ4n) is 4.41. The fourth-order valence-corrected chi connectivity index (χ4v) is 4.80. The predicted molar refractivity (Wildman–Crippen MR) is 154 cm³/mol. The van der Waals surface area contributed by atoms with Crippen LogP contribution in [0, 0.1) is 0 Å². The van der Waals surface area contributed by atoms with E-state index < -0.39 is 28.9 Å². The summed E-state index contributed by atoms with van der Waals surface area (Å²) in [5.41, 5.74) is 1.15. The number of amides is 1. The molecule has 1 aliphatic rings. The topological polar surface area (TPSA) is 98.6 Å². The minimum Gasteiger partial charge on any atom is -0.444 e. The van der Waals surface area contributed by atoms with E-state index in [1.54, 1.807) is 45.2 Å². The van der Waals surface area contributed by atoms with Gasteiger partial charge in [0.15, 0.2) is 0 Å². The number of hydrogen-bond acceptors (Lipinski definition) is 7. The lowest BCUT2D eigenvalue weighted by Crippen LogP contribution is -2.54. The largest absolute Gasteiger partial charge is 0.444 e. The summed E-state index contributed by atoms with van der Waals surface area (Å²) in [7, 11) is 0. The second-order valence-electron chi connectivity index (χ2n) is 12.1. The highest BCUT2D eigenvalue weighted by Gasteiger charge is 2.34. The first-order valence-electron chi connectivity index (χ1n) is 12.9. The van der Waals surface area contributed by atoms with Crippen LogP contribution in [0.3, 0.4) is 0 Å². The van der Waals surface area contributed by atoms with Crippen molar-refractivity contribution in [3.63, 3.8) is 0 Å². The van der Waals surface area contributed by atoms with Crippen LogP contribution in [-0.2, 0) is 9.47 Å².